The number of nitrogens with zero attached hydrogens (tertiary/aromatic N) is 3. The number of benzene rings is 2. The van der Waals surface area contributed by atoms with E-state index in [9.17, 15) is 4.79 Å². The van der Waals surface area contributed by atoms with Gasteiger partial charge in [0.2, 0.25) is 0 Å². The first kappa shape index (κ1) is 20.0. The number of amides is 1. The first-order valence-corrected chi connectivity index (χ1v) is 11.2. The molecule has 1 aliphatic rings. The summed E-state index contributed by atoms with van der Waals surface area (Å²) in [7, 11) is 0. The van der Waals surface area contributed by atoms with Gasteiger partial charge in [-0.2, -0.15) is 0 Å². The van der Waals surface area contributed by atoms with E-state index in [1.165, 1.54) is 0 Å². The summed E-state index contributed by atoms with van der Waals surface area (Å²) in [6.07, 6.45) is 2.10. The summed E-state index contributed by atoms with van der Waals surface area (Å²) in [5, 5.41) is 1.64. The predicted molar refractivity (Wildman–Crippen MR) is 120 cm³/mol. The third-order valence-corrected chi connectivity index (χ3v) is 6.43. The van der Waals surface area contributed by atoms with E-state index >= 15 is 0 Å². The molecule has 1 aliphatic heterocycles. The number of carbonyl (C=O) groups excluding carboxylic acids is 1. The standard InChI is InChI=1S/C22H24ClN3O2S/c1-2-3-14-28-17-7-4-6-16(15-17)21(27)25-10-12-26(13-11-25)22-24-20-18(23)8-5-9-19(20)29-22/h4-9,15H,2-3,10-14H2,1H3. The highest BCUT2D eigenvalue weighted by Gasteiger charge is 2.24. The smallest absolute Gasteiger partial charge is 0.254 e. The Balaban J connectivity index is 1.39. The zero-order chi connectivity index (χ0) is 20.2. The van der Waals surface area contributed by atoms with Gasteiger partial charge < -0.3 is 14.5 Å². The molecule has 0 radical (unpaired) electrons. The van der Waals surface area contributed by atoms with Crippen molar-refractivity contribution in [3.8, 4) is 5.75 Å². The zero-order valence-corrected chi connectivity index (χ0v) is 18.0. The molecule has 4 rings (SSSR count). The van der Waals surface area contributed by atoms with Crippen molar-refractivity contribution in [2.45, 2.75) is 19.8 Å². The molecule has 152 valence electrons. The minimum absolute atomic E-state index is 0.0536. The second-order valence-corrected chi connectivity index (χ2v) is 8.51. The molecule has 3 aromatic rings. The summed E-state index contributed by atoms with van der Waals surface area (Å²) in [6, 6.07) is 13.3. The third-order valence-electron chi connectivity index (χ3n) is 5.04. The summed E-state index contributed by atoms with van der Waals surface area (Å²) in [4.78, 5) is 21.8. The molecule has 0 N–H and O–H groups in total. The van der Waals surface area contributed by atoms with Gasteiger partial charge in [-0.1, -0.05) is 48.4 Å². The fraction of sp³-hybridized carbons (Fsp3) is 0.364. The van der Waals surface area contributed by atoms with Crippen molar-refractivity contribution >= 4 is 44.2 Å². The van der Waals surface area contributed by atoms with Crippen molar-refractivity contribution in [2.24, 2.45) is 0 Å². The Morgan fingerprint density at radius 2 is 1.97 bits per heavy atom. The fourth-order valence-corrected chi connectivity index (χ4v) is 4.69. The maximum absolute atomic E-state index is 12.9. The topological polar surface area (TPSA) is 45.7 Å². The van der Waals surface area contributed by atoms with Crippen molar-refractivity contribution in [3.63, 3.8) is 0 Å². The molecule has 0 atom stereocenters. The first-order valence-electron chi connectivity index (χ1n) is 9.98. The Hall–Kier alpha value is -2.31. The molecule has 1 saturated heterocycles. The third kappa shape index (κ3) is 4.49. The summed E-state index contributed by atoms with van der Waals surface area (Å²) in [6.45, 7) is 5.67. The van der Waals surface area contributed by atoms with Gasteiger partial charge in [0.15, 0.2) is 5.13 Å². The number of aromatic nitrogens is 1. The number of piperazine rings is 1. The van der Waals surface area contributed by atoms with Gasteiger partial charge in [-0.15, -0.1) is 0 Å². The van der Waals surface area contributed by atoms with Crippen LogP contribution < -0.4 is 9.64 Å². The van der Waals surface area contributed by atoms with E-state index in [-0.39, 0.29) is 5.91 Å². The van der Waals surface area contributed by atoms with Crippen molar-refractivity contribution in [1.82, 2.24) is 9.88 Å². The van der Waals surface area contributed by atoms with E-state index in [4.69, 9.17) is 21.3 Å². The quantitative estimate of drug-likeness (QED) is 0.512. The number of rotatable bonds is 6. The van der Waals surface area contributed by atoms with E-state index in [1.807, 2.05) is 47.4 Å². The van der Waals surface area contributed by atoms with Gasteiger partial charge in [-0.05, 0) is 36.8 Å². The summed E-state index contributed by atoms with van der Waals surface area (Å²) in [5.74, 6) is 0.812. The Labute approximate surface area is 179 Å². The predicted octanol–water partition coefficient (Wildman–Crippen LogP) is 5.09. The van der Waals surface area contributed by atoms with Crippen LogP contribution in [0.3, 0.4) is 0 Å². The van der Waals surface area contributed by atoms with Gasteiger partial charge in [0, 0.05) is 31.7 Å². The van der Waals surface area contributed by atoms with Crippen LogP contribution in [-0.2, 0) is 0 Å². The maximum Gasteiger partial charge on any atom is 0.254 e. The number of thiazole rings is 1. The average molecular weight is 430 g/mol. The molecular weight excluding hydrogens is 406 g/mol. The molecule has 0 saturated carbocycles. The zero-order valence-electron chi connectivity index (χ0n) is 16.4. The Morgan fingerprint density at radius 3 is 2.72 bits per heavy atom. The van der Waals surface area contributed by atoms with Gasteiger partial charge in [0.25, 0.3) is 5.91 Å². The van der Waals surface area contributed by atoms with Gasteiger partial charge in [-0.25, -0.2) is 4.98 Å². The number of ether oxygens (including phenoxy) is 1. The molecule has 2 heterocycles. The minimum atomic E-state index is 0.0536. The molecule has 29 heavy (non-hydrogen) atoms. The Morgan fingerprint density at radius 1 is 1.17 bits per heavy atom. The first-order chi connectivity index (χ1) is 14.2. The number of para-hydroxylation sites is 1. The second-order valence-electron chi connectivity index (χ2n) is 7.09. The lowest BCUT2D eigenvalue weighted by Crippen LogP contribution is -2.48. The Bertz CT molecular complexity index is 999. The summed E-state index contributed by atoms with van der Waals surface area (Å²) >= 11 is 7.90. The highest BCUT2D eigenvalue weighted by molar-refractivity contribution is 7.22. The molecule has 0 bridgehead atoms. The number of halogens is 1. The normalized spacial score (nSPS) is 14.4. The van der Waals surface area contributed by atoms with Crippen molar-refractivity contribution in [3.05, 3.63) is 53.1 Å². The molecule has 1 fully saturated rings. The summed E-state index contributed by atoms with van der Waals surface area (Å²) < 4.78 is 6.83. The van der Waals surface area contributed by atoms with Crippen LogP contribution in [0.2, 0.25) is 5.02 Å². The maximum atomic E-state index is 12.9. The molecule has 0 aliphatic carbocycles. The SMILES string of the molecule is CCCCOc1cccc(C(=O)N2CCN(c3nc4c(Cl)cccc4s3)CC2)c1. The van der Waals surface area contributed by atoms with Crippen LogP contribution in [0.25, 0.3) is 10.2 Å². The van der Waals surface area contributed by atoms with Gasteiger partial charge in [-0.3, -0.25) is 4.79 Å². The van der Waals surface area contributed by atoms with Crippen molar-refractivity contribution in [1.29, 1.82) is 0 Å². The van der Waals surface area contributed by atoms with Crippen LogP contribution in [0.4, 0.5) is 5.13 Å². The van der Waals surface area contributed by atoms with Crippen LogP contribution in [-0.4, -0.2) is 48.6 Å². The highest BCUT2D eigenvalue weighted by atomic mass is 35.5. The molecular formula is C22H24ClN3O2S. The van der Waals surface area contributed by atoms with E-state index in [1.54, 1.807) is 11.3 Å². The molecule has 5 nitrogen and oxygen atoms in total. The van der Waals surface area contributed by atoms with E-state index in [2.05, 4.69) is 11.8 Å². The van der Waals surface area contributed by atoms with Crippen LogP contribution >= 0.6 is 22.9 Å². The number of carbonyl (C=O) groups is 1. The van der Waals surface area contributed by atoms with E-state index in [0.717, 1.165) is 47.0 Å². The number of hydrogen-bond donors (Lipinski definition) is 0. The number of hydrogen-bond acceptors (Lipinski definition) is 5. The lowest BCUT2D eigenvalue weighted by molar-refractivity contribution is 0.0746. The molecule has 0 spiro atoms. The Kier molecular flexibility index (Phi) is 6.21. The van der Waals surface area contributed by atoms with Gasteiger partial charge in [0.05, 0.1) is 16.3 Å². The van der Waals surface area contributed by atoms with Crippen LogP contribution in [0.15, 0.2) is 42.5 Å². The number of anilines is 1. The van der Waals surface area contributed by atoms with Gasteiger partial charge >= 0.3 is 0 Å². The highest BCUT2D eigenvalue weighted by Crippen LogP contribution is 2.33. The summed E-state index contributed by atoms with van der Waals surface area (Å²) in [5.41, 5.74) is 1.53. The molecule has 7 heteroatoms. The fourth-order valence-electron chi connectivity index (χ4n) is 3.38. The monoisotopic (exact) mass is 429 g/mol. The lowest BCUT2D eigenvalue weighted by Gasteiger charge is -2.34. The van der Waals surface area contributed by atoms with Crippen molar-refractivity contribution in [2.75, 3.05) is 37.7 Å². The van der Waals surface area contributed by atoms with Crippen molar-refractivity contribution < 1.29 is 9.53 Å². The number of unbranched alkanes of at least 4 members (excludes halogenated alkanes) is 1. The second kappa shape index (κ2) is 9.01. The minimum Gasteiger partial charge on any atom is -0.494 e. The number of fused-ring (bicyclic) bond motifs is 1. The molecule has 2 aromatic carbocycles. The molecule has 1 aromatic heterocycles. The van der Waals surface area contributed by atoms with Crippen LogP contribution in [0.5, 0.6) is 5.75 Å². The van der Waals surface area contributed by atoms with Gasteiger partial charge in [0.1, 0.15) is 11.3 Å². The largest absolute Gasteiger partial charge is 0.494 e. The lowest BCUT2D eigenvalue weighted by atomic mass is 10.1. The molecule has 0 unspecified atom stereocenters. The van der Waals surface area contributed by atoms with E-state index < -0.39 is 0 Å². The molecule has 1 amide bonds. The van der Waals surface area contributed by atoms with Crippen LogP contribution in [0, 0.1) is 0 Å². The van der Waals surface area contributed by atoms with Crippen LogP contribution in [0.1, 0.15) is 30.1 Å². The van der Waals surface area contributed by atoms with E-state index in [0.29, 0.717) is 30.3 Å². The average Bonchev–Trinajstić information content (AvgIpc) is 3.20.